The first-order valence-corrected chi connectivity index (χ1v) is 8.24. The summed E-state index contributed by atoms with van der Waals surface area (Å²) in [5.41, 5.74) is 0. The van der Waals surface area contributed by atoms with Crippen molar-refractivity contribution >= 4 is 9.84 Å². The lowest BCUT2D eigenvalue weighted by atomic mass is 9.92. The smallest absolute Gasteiger partial charge is 0.188 e. The summed E-state index contributed by atoms with van der Waals surface area (Å²) in [7, 11) is -3.41. The second-order valence-electron chi connectivity index (χ2n) is 5.47. The molecule has 1 aliphatic heterocycles. The molecule has 1 fully saturated rings. The number of sulfone groups is 1. The van der Waals surface area contributed by atoms with Gasteiger partial charge in [-0.15, -0.1) is 0 Å². The summed E-state index contributed by atoms with van der Waals surface area (Å²) in [6.45, 7) is 2.88. The largest absolute Gasteiger partial charge is 0.344 e. The highest BCUT2D eigenvalue weighted by atomic mass is 32.2. The van der Waals surface area contributed by atoms with Crippen LogP contribution in [-0.4, -0.2) is 32.2 Å². The Morgan fingerprint density at radius 3 is 2.20 bits per heavy atom. The minimum atomic E-state index is -3.41. The summed E-state index contributed by atoms with van der Waals surface area (Å²) in [6.07, 6.45) is 4.54. The van der Waals surface area contributed by atoms with Gasteiger partial charge in [-0.05, 0) is 31.6 Å². The topological polar surface area (TPSA) is 52.6 Å². The van der Waals surface area contributed by atoms with Gasteiger partial charge in [-0.25, -0.2) is 8.42 Å². The fourth-order valence-corrected chi connectivity index (χ4v) is 4.37. The van der Waals surface area contributed by atoms with Crippen LogP contribution in [0.2, 0.25) is 0 Å². The van der Waals surface area contributed by atoms with Crippen molar-refractivity contribution in [3.8, 4) is 0 Å². The molecule has 3 rings (SSSR count). The van der Waals surface area contributed by atoms with Gasteiger partial charge in [0.1, 0.15) is 0 Å². The van der Waals surface area contributed by atoms with E-state index in [1.54, 1.807) is 43.3 Å². The fraction of sp³-hybridized carbons (Fsp3) is 0.467. The van der Waals surface area contributed by atoms with E-state index in [1.165, 1.54) is 0 Å². The molecular weight excluding hydrogens is 276 g/mol. The van der Waals surface area contributed by atoms with Crippen molar-refractivity contribution in [1.82, 2.24) is 0 Å². The van der Waals surface area contributed by atoms with E-state index >= 15 is 0 Å². The van der Waals surface area contributed by atoms with Gasteiger partial charge in [-0.1, -0.05) is 24.3 Å². The first kappa shape index (κ1) is 13.8. The minimum absolute atomic E-state index is 0.358. The van der Waals surface area contributed by atoms with Crippen LogP contribution in [0, 0.1) is 0 Å². The lowest BCUT2D eigenvalue weighted by molar-refractivity contribution is -0.126. The zero-order chi connectivity index (χ0) is 14.3. The number of hydrogen-bond acceptors (Lipinski definition) is 4. The summed E-state index contributed by atoms with van der Waals surface area (Å²) < 4.78 is 35.8. The molecule has 1 heterocycles. The maximum atomic E-state index is 12.8. The first-order chi connectivity index (χ1) is 9.48. The van der Waals surface area contributed by atoms with Gasteiger partial charge in [0.2, 0.25) is 0 Å². The minimum Gasteiger partial charge on any atom is -0.344 e. The molecule has 0 N–H and O–H groups in total. The van der Waals surface area contributed by atoms with Crippen molar-refractivity contribution in [2.24, 2.45) is 0 Å². The van der Waals surface area contributed by atoms with E-state index in [2.05, 4.69) is 0 Å². The number of benzene rings is 1. The molecule has 0 amide bonds. The Kier molecular flexibility index (Phi) is 3.23. The Labute approximate surface area is 119 Å². The maximum Gasteiger partial charge on any atom is 0.188 e. The third-order valence-electron chi connectivity index (χ3n) is 4.10. The van der Waals surface area contributed by atoms with Crippen LogP contribution in [0.15, 0.2) is 47.4 Å². The molecule has 4 nitrogen and oxygen atoms in total. The zero-order valence-electron chi connectivity index (χ0n) is 11.4. The van der Waals surface area contributed by atoms with Crippen LogP contribution in [0.5, 0.6) is 0 Å². The van der Waals surface area contributed by atoms with Gasteiger partial charge < -0.3 is 9.47 Å². The second kappa shape index (κ2) is 4.69. The molecule has 0 radical (unpaired) electrons. The van der Waals surface area contributed by atoms with Crippen molar-refractivity contribution in [2.45, 2.75) is 35.2 Å². The molecule has 1 aliphatic carbocycles. The fourth-order valence-electron chi connectivity index (χ4n) is 2.70. The van der Waals surface area contributed by atoms with Gasteiger partial charge in [0.05, 0.1) is 22.9 Å². The Balaban J connectivity index is 1.94. The average Bonchev–Trinajstić information content (AvgIpc) is 2.92. The Morgan fingerprint density at radius 2 is 1.65 bits per heavy atom. The summed E-state index contributed by atoms with van der Waals surface area (Å²) in [6, 6.07) is 8.58. The Morgan fingerprint density at radius 1 is 1.00 bits per heavy atom. The highest BCUT2D eigenvalue weighted by molar-refractivity contribution is 7.93. The predicted molar refractivity (Wildman–Crippen MR) is 75.0 cm³/mol. The lowest BCUT2D eigenvalue weighted by Gasteiger charge is -2.36. The van der Waals surface area contributed by atoms with Crippen LogP contribution < -0.4 is 0 Å². The van der Waals surface area contributed by atoms with Crippen LogP contribution in [0.4, 0.5) is 0 Å². The first-order valence-electron chi connectivity index (χ1n) is 6.76. The molecule has 20 heavy (non-hydrogen) atoms. The van der Waals surface area contributed by atoms with Gasteiger partial charge in [0.25, 0.3) is 0 Å². The molecule has 0 bridgehead atoms. The summed E-state index contributed by atoms with van der Waals surface area (Å²) in [5, 5.41) is 0. The van der Waals surface area contributed by atoms with Crippen LogP contribution in [-0.2, 0) is 19.3 Å². The van der Waals surface area contributed by atoms with Crippen LogP contribution in [0.25, 0.3) is 0 Å². The molecule has 1 aromatic rings. The molecule has 1 atom stereocenters. The van der Waals surface area contributed by atoms with E-state index < -0.39 is 20.4 Å². The maximum absolute atomic E-state index is 12.8. The van der Waals surface area contributed by atoms with Gasteiger partial charge in [0, 0.05) is 6.42 Å². The van der Waals surface area contributed by atoms with Crippen molar-refractivity contribution in [3.05, 3.63) is 42.5 Å². The lowest BCUT2D eigenvalue weighted by Crippen LogP contribution is -2.42. The van der Waals surface area contributed by atoms with Crippen LogP contribution in [0.1, 0.15) is 19.8 Å². The van der Waals surface area contributed by atoms with Crippen molar-refractivity contribution < 1.29 is 17.9 Å². The highest BCUT2D eigenvalue weighted by Gasteiger charge is 2.46. The molecule has 1 aromatic carbocycles. The SMILES string of the molecule is C[C@]1(S(=O)(=O)c2ccccc2)C=CC2(CC1)OCCO2. The zero-order valence-corrected chi connectivity index (χ0v) is 12.2. The second-order valence-corrected chi connectivity index (χ2v) is 7.88. The highest BCUT2D eigenvalue weighted by Crippen LogP contribution is 2.40. The molecule has 0 saturated carbocycles. The number of hydrogen-bond donors (Lipinski definition) is 0. The Hall–Kier alpha value is -1.17. The molecule has 5 heteroatoms. The van der Waals surface area contributed by atoms with Gasteiger partial charge in [0.15, 0.2) is 15.6 Å². The number of ether oxygens (including phenoxy) is 2. The molecule has 0 aromatic heterocycles. The molecule has 1 saturated heterocycles. The Bertz CT molecular complexity index is 615. The molecule has 0 unspecified atom stereocenters. The van der Waals surface area contributed by atoms with E-state index in [9.17, 15) is 8.42 Å². The summed E-state index contributed by atoms with van der Waals surface area (Å²) in [5.74, 6) is -0.703. The van der Waals surface area contributed by atoms with Crippen molar-refractivity contribution in [3.63, 3.8) is 0 Å². The van der Waals surface area contributed by atoms with Crippen molar-refractivity contribution in [1.29, 1.82) is 0 Å². The summed E-state index contributed by atoms with van der Waals surface area (Å²) in [4.78, 5) is 0.358. The van der Waals surface area contributed by atoms with Gasteiger partial charge >= 0.3 is 0 Å². The van der Waals surface area contributed by atoms with Gasteiger partial charge in [-0.3, -0.25) is 0 Å². The van der Waals surface area contributed by atoms with Crippen molar-refractivity contribution in [2.75, 3.05) is 13.2 Å². The van der Waals surface area contributed by atoms with Crippen LogP contribution in [0.3, 0.4) is 0 Å². The van der Waals surface area contributed by atoms with Crippen LogP contribution >= 0.6 is 0 Å². The van der Waals surface area contributed by atoms with E-state index in [4.69, 9.17) is 9.47 Å². The third-order valence-corrected chi connectivity index (χ3v) is 6.56. The molecule has 2 aliphatic rings. The third kappa shape index (κ3) is 2.10. The molecule has 1 spiro atoms. The standard InChI is InChI=1S/C15H18O4S/c1-14(20(16,17)13-5-3-2-4-6-13)7-9-15(10-8-14)18-11-12-19-15/h2-7,9H,8,10-12H2,1H3/t14-/m0/s1. The summed E-state index contributed by atoms with van der Waals surface area (Å²) >= 11 is 0. The van der Waals surface area contributed by atoms with E-state index in [0.29, 0.717) is 31.0 Å². The normalized spacial score (nSPS) is 28.9. The molecular formula is C15H18O4S. The predicted octanol–water partition coefficient (Wildman–Crippen LogP) is 2.31. The monoisotopic (exact) mass is 294 g/mol. The van der Waals surface area contributed by atoms with Gasteiger partial charge in [-0.2, -0.15) is 0 Å². The average molecular weight is 294 g/mol. The molecule has 108 valence electrons. The number of rotatable bonds is 2. The quantitative estimate of drug-likeness (QED) is 0.785. The van der Waals surface area contributed by atoms with E-state index in [-0.39, 0.29) is 0 Å². The van der Waals surface area contributed by atoms with E-state index in [1.807, 2.05) is 6.07 Å². The van der Waals surface area contributed by atoms with E-state index in [0.717, 1.165) is 0 Å².